The third-order valence-corrected chi connectivity index (χ3v) is 5.30. The summed E-state index contributed by atoms with van der Waals surface area (Å²) in [7, 11) is -3.08. The highest BCUT2D eigenvalue weighted by Gasteiger charge is 2.20. The van der Waals surface area contributed by atoms with Gasteiger partial charge in [0.25, 0.3) is 0 Å². The van der Waals surface area contributed by atoms with Crippen molar-refractivity contribution >= 4 is 30.2 Å². The van der Waals surface area contributed by atoms with Gasteiger partial charge in [0, 0.05) is 18.8 Å². The summed E-state index contributed by atoms with van der Waals surface area (Å²) in [5, 5.41) is 0. The average molecular weight is 418 g/mol. The normalized spacial score (nSPS) is 22.2. The zero-order valence-corrected chi connectivity index (χ0v) is 15.2. The highest BCUT2D eigenvalue weighted by Crippen LogP contribution is 2.49. The van der Waals surface area contributed by atoms with Gasteiger partial charge in [0.05, 0.1) is 25.9 Å². The van der Waals surface area contributed by atoms with Crippen LogP contribution in [0.3, 0.4) is 0 Å². The van der Waals surface area contributed by atoms with Gasteiger partial charge in [0.2, 0.25) is 0 Å². The van der Waals surface area contributed by atoms with Crippen LogP contribution in [-0.2, 0) is 23.1 Å². The van der Waals surface area contributed by atoms with E-state index >= 15 is 0 Å². The highest BCUT2D eigenvalue weighted by atomic mass is 127. The van der Waals surface area contributed by atoms with Gasteiger partial charge in [-0.1, -0.05) is 28.7 Å². The first-order valence-electron chi connectivity index (χ1n) is 7.03. The molecule has 0 bridgehead atoms. The molecule has 1 saturated heterocycles. The smallest absolute Gasteiger partial charge is 0.353 e. The van der Waals surface area contributed by atoms with Crippen LogP contribution in [0.4, 0.5) is 0 Å². The molecule has 0 radical (unpaired) electrons. The van der Waals surface area contributed by atoms with Crippen LogP contribution >= 0.6 is 30.2 Å². The van der Waals surface area contributed by atoms with Crippen molar-refractivity contribution in [2.45, 2.75) is 43.3 Å². The summed E-state index contributed by atoms with van der Waals surface area (Å²) in [6.45, 7) is 5.83. The SMILES string of the molecule is CCOP(=O)(/C=C/C[C@@H](I)O[C@H]1CCCOC1)OCC. The van der Waals surface area contributed by atoms with Gasteiger partial charge in [-0.15, -0.1) is 0 Å². The first kappa shape index (κ1) is 18.6. The third-order valence-electron chi connectivity index (χ3n) is 2.69. The number of rotatable bonds is 9. The molecule has 1 aliphatic heterocycles. The molecule has 0 saturated carbocycles. The van der Waals surface area contributed by atoms with Crippen molar-refractivity contribution in [1.82, 2.24) is 0 Å². The lowest BCUT2D eigenvalue weighted by Gasteiger charge is -2.24. The summed E-state index contributed by atoms with van der Waals surface area (Å²) < 4.78 is 33.8. The number of halogens is 1. The summed E-state index contributed by atoms with van der Waals surface area (Å²) in [6, 6.07) is 0. The van der Waals surface area contributed by atoms with Crippen molar-refractivity contribution < 1.29 is 23.1 Å². The summed E-state index contributed by atoms with van der Waals surface area (Å²) in [5.41, 5.74) is 0. The molecule has 0 aromatic rings. The number of ether oxygens (including phenoxy) is 2. The van der Waals surface area contributed by atoms with Crippen LogP contribution in [0.2, 0.25) is 0 Å². The highest BCUT2D eigenvalue weighted by molar-refractivity contribution is 14.1. The Morgan fingerprint density at radius 3 is 2.65 bits per heavy atom. The number of alkyl halides is 1. The Bertz CT molecular complexity index is 321. The van der Waals surface area contributed by atoms with Crippen molar-refractivity contribution in [3.05, 3.63) is 11.9 Å². The van der Waals surface area contributed by atoms with Crippen LogP contribution in [0.25, 0.3) is 0 Å². The van der Waals surface area contributed by atoms with Crippen LogP contribution in [-0.4, -0.2) is 36.6 Å². The molecule has 0 aromatic carbocycles. The van der Waals surface area contributed by atoms with Crippen LogP contribution in [0, 0.1) is 0 Å². The lowest BCUT2D eigenvalue weighted by Crippen LogP contribution is -2.27. The van der Waals surface area contributed by atoms with Gasteiger partial charge >= 0.3 is 7.60 Å². The number of hydrogen-bond acceptors (Lipinski definition) is 5. The topological polar surface area (TPSA) is 54.0 Å². The maximum Gasteiger partial charge on any atom is 0.353 e. The van der Waals surface area contributed by atoms with Crippen LogP contribution < -0.4 is 0 Å². The van der Waals surface area contributed by atoms with E-state index in [1.807, 2.05) is 6.08 Å². The van der Waals surface area contributed by atoms with E-state index in [9.17, 15) is 4.57 Å². The molecule has 2 atom stereocenters. The van der Waals surface area contributed by atoms with E-state index in [1.165, 1.54) is 5.82 Å². The Balaban J connectivity index is 2.35. The molecule has 0 N–H and O–H groups in total. The van der Waals surface area contributed by atoms with Crippen molar-refractivity contribution in [3.63, 3.8) is 0 Å². The summed E-state index contributed by atoms with van der Waals surface area (Å²) in [4.78, 5) is 0. The first-order chi connectivity index (χ1) is 9.59. The fourth-order valence-corrected chi connectivity index (χ4v) is 3.92. The summed E-state index contributed by atoms with van der Waals surface area (Å²) >= 11 is 2.24. The van der Waals surface area contributed by atoms with Crippen molar-refractivity contribution in [3.8, 4) is 0 Å². The molecular weight excluding hydrogens is 394 g/mol. The Morgan fingerprint density at radius 1 is 1.40 bits per heavy atom. The Hall–Kier alpha value is 0.540. The van der Waals surface area contributed by atoms with Gasteiger partial charge in [-0.3, -0.25) is 4.57 Å². The van der Waals surface area contributed by atoms with Crippen LogP contribution in [0.15, 0.2) is 11.9 Å². The van der Waals surface area contributed by atoms with Crippen molar-refractivity contribution in [1.29, 1.82) is 0 Å². The molecule has 1 heterocycles. The zero-order chi connectivity index (χ0) is 14.8. The van der Waals surface area contributed by atoms with E-state index in [2.05, 4.69) is 22.6 Å². The lowest BCUT2D eigenvalue weighted by atomic mass is 10.2. The van der Waals surface area contributed by atoms with Crippen LogP contribution in [0.1, 0.15) is 33.1 Å². The van der Waals surface area contributed by atoms with E-state index in [0.29, 0.717) is 26.2 Å². The van der Waals surface area contributed by atoms with E-state index in [4.69, 9.17) is 18.5 Å². The molecule has 1 fully saturated rings. The molecule has 20 heavy (non-hydrogen) atoms. The predicted octanol–water partition coefficient (Wildman–Crippen LogP) is 4.11. The van der Waals surface area contributed by atoms with E-state index in [1.54, 1.807) is 13.8 Å². The van der Waals surface area contributed by atoms with Crippen molar-refractivity contribution in [2.24, 2.45) is 0 Å². The molecular formula is C13H24IO5P. The maximum atomic E-state index is 12.2. The maximum absolute atomic E-state index is 12.2. The van der Waals surface area contributed by atoms with Gasteiger partial charge in [-0.25, -0.2) is 0 Å². The monoisotopic (exact) mass is 418 g/mol. The molecule has 0 amide bonds. The van der Waals surface area contributed by atoms with Crippen molar-refractivity contribution in [2.75, 3.05) is 26.4 Å². The van der Waals surface area contributed by atoms with E-state index in [-0.39, 0.29) is 10.2 Å². The predicted molar refractivity (Wildman–Crippen MR) is 87.3 cm³/mol. The molecule has 1 rings (SSSR count). The Kier molecular flexibility index (Phi) is 9.57. The first-order valence-corrected chi connectivity index (χ1v) is 9.89. The molecule has 0 aliphatic carbocycles. The van der Waals surface area contributed by atoms with E-state index < -0.39 is 7.60 Å². The fraction of sp³-hybridized carbons (Fsp3) is 0.846. The summed E-state index contributed by atoms with van der Waals surface area (Å²) in [5.74, 6) is 1.53. The van der Waals surface area contributed by atoms with Gasteiger partial charge in [-0.2, -0.15) is 0 Å². The standard InChI is InChI=1S/C13H24IO5P/c1-3-17-20(15,18-4-2)10-6-8-13(14)19-12-7-5-9-16-11-12/h6,10,12-13H,3-5,7-9,11H2,1-2H3/b10-6+/t12-,13-/m0/s1. The van der Waals surface area contributed by atoms with Gasteiger partial charge in [-0.05, 0) is 26.7 Å². The second kappa shape index (κ2) is 10.3. The molecule has 0 spiro atoms. The lowest BCUT2D eigenvalue weighted by molar-refractivity contribution is -0.0538. The molecule has 1 aliphatic rings. The molecule has 5 nitrogen and oxygen atoms in total. The molecule has 0 aromatic heterocycles. The number of hydrogen-bond donors (Lipinski definition) is 0. The molecule has 118 valence electrons. The quantitative estimate of drug-likeness (QED) is 0.321. The summed E-state index contributed by atoms with van der Waals surface area (Å²) in [6.07, 6.45) is 4.74. The van der Waals surface area contributed by atoms with Gasteiger partial charge in [0.1, 0.15) is 4.11 Å². The van der Waals surface area contributed by atoms with Crippen LogP contribution in [0.5, 0.6) is 0 Å². The van der Waals surface area contributed by atoms with Gasteiger partial charge < -0.3 is 18.5 Å². The average Bonchev–Trinajstić information content (AvgIpc) is 2.40. The molecule has 0 unspecified atom stereocenters. The zero-order valence-electron chi connectivity index (χ0n) is 12.1. The Morgan fingerprint density at radius 2 is 2.10 bits per heavy atom. The largest absolute Gasteiger partial charge is 0.379 e. The third kappa shape index (κ3) is 7.52. The minimum absolute atomic E-state index is 0.0345. The minimum atomic E-state index is -3.08. The Labute approximate surface area is 135 Å². The second-order valence-corrected chi connectivity index (χ2v) is 7.66. The molecule has 7 heteroatoms. The second-order valence-electron chi connectivity index (χ2n) is 4.38. The minimum Gasteiger partial charge on any atom is -0.379 e. The fourth-order valence-electron chi connectivity index (χ4n) is 1.86. The van der Waals surface area contributed by atoms with E-state index in [0.717, 1.165) is 19.4 Å². The van der Waals surface area contributed by atoms with Gasteiger partial charge in [0.15, 0.2) is 0 Å².